The fourth-order valence-electron chi connectivity index (χ4n) is 3.37. The van der Waals surface area contributed by atoms with Crippen LogP contribution in [0.2, 0.25) is 0 Å². The van der Waals surface area contributed by atoms with Gasteiger partial charge in [-0.2, -0.15) is 4.98 Å². The maximum Gasteiger partial charge on any atom is 0.228 e. The van der Waals surface area contributed by atoms with Gasteiger partial charge in [0.1, 0.15) is 0 Å². The summed E-state index contributed by atoms with van der Waals surface area (Å²) in [6.45, 7) is 2.40. The molecule has 1 aromatic heterocycles. The number of ether oxygens (including phenoxy) is 2. The minimum atomic E-state index is 0.290. The van der Waals surface area contributed by atoms with Crippen molar-refractivity contribution in [1.82, 2.24) is 15.5 Å². The van der Waals surface area contributed by atoms with E-state index in [4.69, 9.17) is 14.0 Å². The quantitative estimate of drug-likeness (QED) is 0.864. The standard InChI is InChI=1S/C13H19N3O3/c1-2-11-10(6-9(1)18-11)13-15-12(19-16-13)5-8-7-17-4-3-14-8/h8-11,14H,1-7H2. The highest BCUT2D eigenvalue weighted by Gasteiger charge is 2.43. The monoisotopic (exact) mass is 265 g/mol. The first-order valence-corrected chi connectivity index (χ1v) is 7.17. The third-order valence-corrected chi connectivity index (χ3v) is 4.34. The van der Waals surface area contributed by atoms with E-state index in [2.05, 4.69) is 15.5 Å². The highest BCUT2D eigenvalue weighted by atomic mass is 16.5. The van der Waals surface area contributed by atoms with Crippen LogP contribution in [0.5, 0.6) is 0 Å². The van der Waals surface area contributed by atoms with Crippen LogP contribution in [-0.4, -0.2) is 48.1 Å². The smallest absolute Gasteiger partial charge is 0.228 e. The van der Waals surface area contributed by atoms with Gasteiger partial charge in [-0.05, 0) is 19.3 Å². The van der Waals surface area contributed by atoms with Crippen LogP contribution < -0.4 is 5.32 Å². The third-order valence-electron chi connectivity index (χ3n) is 4.34. The lowest BCUT2D eigenvalue weighted by Gasteiger charge is -2.22. The molecule has 19 heavy (non-hydrogen) atoms. The van der Waals surface area contributed by atoms with Crippen molar-refractivity contribution in [2.45, 2.75) is 49.9 Å². The highest BCUT2D eigenvalue weighted by Crippen LogP contribution is 2.43. The molecule has 3 aliphatic heterocycles. The Hall–Kier alpha value is -0.980. The van der Waals surface area contributed by atoms with Gasteiger partial charge >= 0.3 is 0 Å². The van der Waals surface area contributed by atoms with Gasteiger partial charge in [-0.1, -0.05) is 5.16 Å². The Balaban J connectivity index is 1.41. The van der Waals surface area contributed by atoms with E-state index >= 15 is 0 Å². The number of rotatable bonds is 3. The van der Waals surface area contributed by atoms with E-state index in [1.807, 2.05) is 0 Å². The number of nitrogens with one attached hydrogen (secondary N) is 1. The predicted molar refractivity (Wildman–Crippen MR) is 65.9 cm³/mol. The van der Waals surface area contributed by atoms with Crippen molar-refractivity contribution in [1.29, 1.82) is 0 Å². The van der Waals surface area contributed by atoms with Crippen LogP contribution in [-0.2, 0) is 15.9 Å². The molecule has 0 saturated carbocycles. The van der Waals surface area contributed by atoms with Gasteiger partial charge in [0.2, 0.25) is 5.89 Å². The van der Waals surface area contributed by atoms with E-state index in [0.29, 0.717) is 30.1 Å². The van der Waals surface area contributed by atoms with Crippen molar-refractivity contribution in [3.63, 3.8) is 0 Å². The highest BCUT2D eigenvalue weighted by molar-refractivity contribution is 5.07. The maximum atomic E-state index is 5.84. The molecule has 1 N–H and O–H groups in total. The lowest BCUT2D eigenvalue weighted by atomic mass is 9.89. The first-order chi connectivity index (χ1) is 9.38. The molecule has 3 saturated heterocycles. The maximum absolute atomic E-state index is 5.84. The minimum absolute atomic E-state index is 0.290. The number of aromatic nitrogens is 2. The summed E-state index contributed by atoms with van der Waals surface area (Å²) in [6, 6.07) is 0.290. The minimum Gasteiger partial charge on any atom is -0.378 e. The topological polar surface area (TPSA) is 69.4 Å². The molecule has 6 heteroatoms. The summed E-state index contributed by atoms with van der Waals surface area (Å²) < 4.78 is 16.6. The zero-order valence-corrected chi connectivity index (χ0v) is 10.9. The number of hydrogen-bond acceptors (Lipinski definition) is 6. The molecule has 4 unspecified atom stereocenters. The van der Waals surface area contributed by atoms with Gasteiger partial charge in [0, 0.05) is 19.0 Å². The van der Waals surface area contributed by atoms with Gasteiger partial charge < -0.3 is 19.3 Å². The van der Waals surface area contributed by atoms with Crippen LogP contribution in [0.3, 0.4) is 0 Å². The van der Waals surface area contributed by atoms with E-state index < -0.39 is 0 Å². The molecule has 0 aliphatic carbocycles. The Labute approximate surface area is 111 Å². The average molecular weight is 265 g/mol. The number of nitrogens with zero attached hydrogens (tertiary/aromatic N) is 2. The predicted octanol–water partition coefficient (Wildman–Crippen LogP) is 0.635. The summed E-state index contributed by atoms with van der Waals surface area (Å²) >= 11 is 0. The molecule has 4 rings (SSSR count). The molecule has 4 atom stereocenters. The van der Waals surface area contributed by atoms with Crippen LogP contribution in [0.25, 0.3) is 0 Å². The molecule has 3 aliphatic rings. The van der Waals surface area contributed by atoms with E-state index in [-0.39, 0.29) is 0 Å². The Morgan fingerprint density at radius 1 is 1.32 bits per heavy atom. The van der Waals surface area contributed by atoms with Crippen molar-refractivity contribution >= 4 is 0 Å². The van der Waals surface area contributed by atoms with Crippen molar-refractivity contribution < 1.29 is 14.0 Å². The van der Waals surface area contributed by atoms with Gasteiger partial charge in [-0.15, -0.1) is 0 Å². The van der Waals surface area contributed by atoms with E-state index in [9.17, 15) is 0 Å². The van der Waals surface area contributed by atoms with Gasteiger partial charge in [-0.25, -0.2) is 0 Å². The molecule has 0 radical (unpaired) electrons. The van der Waals surface area contributed by atoms with Crippen LogP contribution >= 0.6 is 0 Å². The number of fused-ring (bicyclic) bond motifs is 2. The Kier molecular flexibility index (Phi) is 3.01. The molecule has 6 nitrogen and oxygen atoms in total. The molecule has 1 aromatic rings. The average Bonchev–Trinajstić information content (AvgIpc) is 3.15. The van der Waals surface area contributed by atoms with Crippen LogP contribution in [0.15, 0.2) is 4.52 Å². The van der Waals surface area contributed by atoms with Gasteiger partial charge in [0.15, 0.2) is 5.82 Å². The summed E-state index contributed by atoms with van der Waals surface area (Å²) in [7, 11) is 0. The molecule has 4 heterocycles. The Morgan fingerprint density at radius 2 is 2.32 bits per heavy atom. The molecule has 104 valence electrons. The van der Waals surface area contributed by atoms with Gasteiger partial charge in [0.25, 0.3) is 0 Å². The van der Waals surface area contributed by atoms with Gasteiger partial charge in [-0.3, -0.25) is 0 Å². The molecular formula is C13H19N3O3. The van der Waals surface area contributed by atoms with Crippen molar-refractivity contribution in [3.8, 4) is 0 Å². The summed E-state index contributed by atoms with van der Waals surface area (Å²) in [5.41, 5.74) is 0. The lowest BCUT2D eigenvalue weighted by molar-refractivity contribution is 0.0744. The zero-order chi connectivity index (χ0) is 12.7. The van der Waals surface area contributed by atoms with Gasteiger partial charge in [0.05, 0.1) is 31.3 Å². The number of morpholine rings is 1. The summed E-state index contributed by atoms with van der Waals surface area (Å²) in [6.07, 6.45) is 4.85. The molecule has 0 spiro atoms. The normalized spacial score (nSPS) is 37.9. The van der Waals surface area contributed by atoms with E-state index in [1.165, 1.54) is 6.42 Å². The fraction of sp³-hybridized carbons (Fsp3) is 0.846. The molecule has 2 bridgehead atoms. The third kappa shape index (κ3) is 2.28. The van der Waals surface area contributed by atoms with Crippen molar-refractivity contribution in [2.24, 2.45) is 0 Å². The first-order valence-electron chi connectivity index (χ1n) is 7.17. The van der Waals surface area contributed by atoms with Crippen molar-refractivity contribution in [2.75, 3.05) is 19.8 Å². The lowest BCUT2D eigenvalue weighted by Crippen LogP contribution is -2.42. The second-order valence-electron chi connectivity index (χ2n) is 5.69. The molecular weight excluding hydrogens is 246 g/mol. The number of hydrogen-bond donors (Lipinski definition) is 1. The first kappa shape index (κ1) is 11.8. The van der Waals surface area contributed by atoms with E-state index in [0.717, 1.165) is 44.8 Å². The van der Waals surface area contributed by atoms with Crippen LogP contribution in [0.4, 0.5) is 0 Å². The summed E-state index contributed by atoms with van der Waals surface area (Å²) in [5.74, 6) is 1.88. The molecule has 0 amide bonds. The Morgan fingerprint density at radius 3 is 3.05 bits per heavy atom. The van der Waals surface area contributed by atoms with Crippen LogP contribution in [0, 0.1) is 0 Å². The Bertz CT molecular complexity index is 444. The van der Waals surface area contributed by atoms with E-state index in [1.54, 1.807) is 0 Å². The zero-order valence-electron chi connectivity index (χ0n) is 10.9. The SMILES string of the molecule is C1COCC(Cc2nc(C3CC4CCC3O4)no2)N1. The fourth-order valence-corrected chi connectivity index (χ4v) is 3.37. The molecule has 3 fully saturated rings. The second kappa shape index (κ2) is 4.85. The summed E-state index contributed by atoms with van der Waals surface area (Å²) in [5, 5.41) is 7.54. The summed E-state index contributed by atoms with van der Waals surface area (Å²) in [4.78, 5) is 4.55. The molecule has 0 aromatic carbocycles. The van der Waals surface area contributed by atoms with Crippen molar-refractivity contribution in [3.05, 3.63) is 11.7 Å². The van der Waals surface area contributed by atoms with Crippen LogP contribution in [0.1, 0.15) is 36.9 Å². The largest absolute Gasteiger partial charge is 0.378 e. The second-order valence-corrected chi connectivity index (χ2v) is 5.69.